The van der Waals surface area contributed by atoms with Gasteiger partial charge in [0, 0.05) is 12.6 Å². The average molecular weight is 209 g/mol. The van der Waals surface area contributed by atoms with Crippen LogP contribution in [0.2, 0.25) is 0 Å². The van der Waals surface area contributed by atoms with Gasteiger partial charge >= 0.3 is 0 Å². The topological polar surface area (TPSA) is 71.2 Å². The second-order valence-corrected chi connectivity index (χ2v) is 3.63. The molecule has 0 spiro atoms. The van der Waals surface area contributed by atoms with Crippen LogP contribution in [0.5, 0.6) is 0 Å². The van der Waals surface area contributed by atoms with Gasteiger partial charge in [-0.05, 0) is 31.9 Å². The molecule has 1 heterocycles. The molecule has 0 bridgehead atoms. The van der Waals surface area contributed by atoms with Crippen LogP contribution in [0.1, 0.15) is 25.5 Å². The van der Waals surface area contributed by atoms with Gasteiger partial charge in [0.1, 0.15) is 5.82 Å². The van der Waals surface area contributed by atoms with Crippen LogP contribution in [0.15, 0.2) is 12.1 Å². The largest absolute Gasteiger partial charge is 0.397 e. The van der Waals surface area contributed by atoms with E-state index in [2.05, 4.69) is 17.2 Å². The lowest BCUT2D eigenvalue weighted by Crippen LogP contribution is -2.20. The van der Waals surface area contributed by atoms with Gasteiger partial charge in [-0.15, -0.1) is 0 Å². The van der Waals surface area contributed by atoms with Gasteiger partial charge in [-0.2, -0.15) is 0 Å². The van der Waals surface area contributed by atoms with Crippen molar-refractivity contribution in [2.45, 2.75) is 32.7 Å². The summed E-state index contributed by atoms with van der Waals surface area (Å²) in [6.07, 6.45) is 1.70. The van der Waals surface area contributed by atoms with E-state index in [4.69, 9.17) is 10.8 Å². The van der Waals surface area contributed by atoms with Crippen LogP contribution in [0.25, 0.3) is 0 Å². The number of nitrogen functional groups attached to an aromatic ring is 1. The highest BCUT2D eigenvalue weighted by atomic mass is 16.3. The molecule has 15 heavy (non-hydrogen) atoms. The monoisotopic (exact) mass is 209 g/mol. The van der Waals surface area contributed by atoms with E-state index in [1.54, 1.807) is 0 Å². The first-order valence-electron chi connectivity index (χ1n) is 5.28. The molecule has 0 saturated carbocycles. The normalized spacial score (nSPS) is 12.5. The minimum atomic E-state index is 0.194. The molecular formula is C11H19N3O. The minimum absolute atomic E-state index is 0.194. The fraction of sp³-hybridized carbons (Fsp3) is 0.545. The van der Waals surface area contributed by atoms with E-state index in [0.717, 1.165) is 24.4 Å². The molecule has 0 aliphatic heterocycles. The Hall–Kier alpha value is -1.29. The smallest absolute Gasteiger partial charge is 0.126 e. The molecule has 0 aliphatic rings. The van der Waals surface area contributed by atoms with Crippen molar-refractivity contribution in [2.75, 3.05) is 17.7 Å². The summed E-state index contributed by atoms with van der Waals surface area (Å²) in [4.78, 5) is 4.32. The number of nitrogens with one attached hydrogen (secondary N) is 1. The molecule has 84 valence electrons. The maximum Gasteiger partial charge on any atom is 0.126 e. The molecule has 1 aromatic rings. The van der Waals surface area contributed by atoms with Crippen molar-refractivity contribution in [2.24, 2.45) is 0 Å². The molecule has 0 aromatic carbocycles. The molecule has 1 unspecified atom stereocenters. The summed E-state index contributed by atoms with van der Waals surface area (Å²) in [5.41, 5.74) is 7.22. The third-order valence-electron chi connectivity index (χ3n) is 2.45. The highest BCUT2D eigenvalue weighted by molar-refractivity contribution is 5.49. The molecule has 4 heteroatoms. The number of hydrogen-bond acceptors (Lipinski definition) is 4. The second-order valence-electron chi connectivity index (χ2n) is 3.63. The van der Waals surface area contributed by atoms with Crippen molar-refractivity contribution in [3.63, 3.8) is 0 Å². The van der Waals surface area contributed by atoms with E-state index in [-0.39, 0.29) is 12.6 Å². The minimum Gasteiger partial charge on any atom is -0.397 e. The number of nitrogens with zero attached hydrogens (tertiary/aromatic N) is 1. The Kier molecular flexibility index (Phi) is 4.37. The van der Waals surface area contributed by atoms with Gasteiger partial charge in [0.15, 0.2) is 0 Å². The quantitative estimate of drug-likeness (QED) is 0.688. The zero-order valence-electron chi connectivity index (χ0n) is 9.33. The summed E-state index contributed by atoms with van der Waals surface area (Å²) in [6.45, 7) is 4.16. The van der Waals surface area contributed by atoms with Crippen molar-refractivity contribution in [1.29, 1.82) is 0 Å². The Balaban J connectivity index is 2.66. The zero-order valence-corrected chi connectivity index (χ0v) is 9.33. The Labute approximate surface area is 90.5 Å². The van der Waals surface area contributed by atoms with Gasteiger partial charge in [-0.3, -0.25) is 0 Å². The summed E-state index contributed by atoms with van der Waals surface area (Å²) in [5.74, 6) is 0.821. The molecule has 1 atom stereocenters. The van der Waals surface area contributed by atoms with E-state index >= 15 is 0 Å². The number of nitrogens with two attached hydrogens (primary N) is 1. The summed E-state index contributed by atoms with van der Waals surface area (Å²) >= 11 is 0. The van der Waals surface area contributed by atoms with Gasteiger partial charge in [-0.1, -0.05) is 6.92 Å². The average Bonchev–Trinajstić information content (AvgIpc) is 2.23. The number of anilines is 2. The lowest BCUT2D eigenvalue weighted by Gasteiger charge is -2.16. The van der Waals surface area contributed by atoms with Gasteiger partial charge in [0.2, 0.25) is 0 Å². The van der Waals surface area contributed by atoms with Gasteiger partial charge in [-0.25, -0.2) is 4.98 Å². The zero-order chi connectivity index (χ0) is 11.3. The molecule has 0 fully saturated rings. The fourth-order valence-corrected chi connectivity index (χ4v) is 1.40. The number of aromatic nitrogens is 1. The van der Waals surface area contributed by atoms with Crippen molar-refractivity contribution < 1.29 is 5.11 Å². The van der Waals surface area contributed by atoms with Crippen molar-refractivity contribution in [1.82, 2.24) is 4.98 Å². The van der Waals surface area contributed by atoms with E-state index in [1.807, 2.05) is 19.1 Å². The van der Waals surface area contributed by atoms with Gasteiger partial charge in [0.25, 0.3) is 0 Å². The van der Waals surface area contributed by atoms with Crippen molar-refractivity contribution >= 4 is 11.5 Å². The molecule has 0 radical (unpaired) electrons. The number of pyridine rings is 1. The Morgan fingerprint density at radius 1 is 1.53 bits per heavy atom. The van der Waals surface area contributed by atoms with Crippen LogP contribution in [0.4, 0.5) is 11.5 Å². The van der Waals surface area contributed by atoms with Crippen molar-refractivity contribution in [3.05, 3.63) is 17.8 Å². The molecule has 1 aromatic heterocycles. The molecule has 4 N–H and O–H groups in total. The fourth-order valence-electron chi connectivity index (χ4n) is 1.40. The maximum atomic E-state index is 8.86. The third kappa shape index (κ3) is 3.40. The number of aliphatic hydroxyl groups is 1. The van der Waals surface area contributed by atoms with Crippen LogP contribution in [-0.4, -0.2) is 22.7 Å². The van der Waals surface area contributed by atoms with E-state index in [1.165, 1.54) is 0 Å². The lowest BCUT2D eigenvalue weighted by atomic mass is 10.1. The van der Waals surface area contributed by atoms with Crippen LogP contribution in [0.3, 0.4) is 0 Å². The van der Waals surface area contributed by atoms with E-state index in [9.17, 15) is 0 Å². The van der Waals surface area contributed by atoms with E-state index < -0.39 is 0 Å². The van der Waals surface area contributed by atoms with Crippen LogP contribution >= 0.6 is 0 Å². The van der Waals surface area contributed by atoms with Crippen LogP contribution in [-0.2, 0) is 0 Å². The number of hydrogen-bond donors (Lipinski definition) is 3. The van der Waals surface area contributed by atoms with Crippen molar-refractivity contribution in [3.8, 4) is 0 Å². The van der Waals surface area contributed by atoms with Crippen LogP contribution < -0.4 is 11.1 Å². The predicted octanol–water partition coefficient (Wildman–Crippen LogP) is 1.55. The summed E-state index contributed by atoms with van der Waals surface area (Å²) < 4.78 is 0. The molecular weight excluding hydrogens is 190 g/mol. The summed E-state index contributed by atoms with van der Waals surface area (Å²) in [5, 5.41) is 12.1. The first-order valence-corrected chi connectivity index (χ1v) is 5.28. The first kappa shape index (κ1) is 11.8. The summed E-state index contributed by atoms with van der Waals surface area (Å²) in [6, 6.07) is 3.98. The number of aryl methyl sites for hydroxylation is 1. The SMILES string of the molecule is CCC(CCO)Nc1ccc(N)c(C)n1. The Bertz CT molecular complexity index is 315. The molecule has 0 saturated heterocycles. The standard InChI is InChI=1S/C11H19N3O/c1-3-9(6-7-15)14-11-5-4-10(12)8(2)13-11/h4-5,9,15H,3,6-7,12H2,1-2H3,(H,13,14). The second kappa shape index (κ2) is 5.56. The number of rotatable bonds is 5. The van der Waals surface area contributed by atoms with Crippen LogP contribution in [0, 0.1) is 6.92 Å². The molecule has 0 amide bonds. The highest BCUT2D eigenvalue weighted by Crippen LogP contribution is 2.14. The molecule has 0 aliphatic carbocycles. The molecule has 1 rings (SSSR count). The maximum absolute atomic E-state index is 8.86. The lowest BCUT2D eigenvalue weighted by molar-refractivity contribution is 0.278. The Morgan fingerprint density at radius 2 is 2.27 bits per heavy atom. The van der Waals surface area contributed by atoms with Gasteiger partial charge < -0.3 is 16.2 Å². The number of aliphatic hydroxyl groups excluding tert-OH is 1. The van der Waals surface area contributed by atoms with Gasteiger partial charge in [0.05, 0.1) is 11.4 Å². The third-order valence-corrected chi connectivity index (χ3v) is 2.45. The Morgan fingerprint density at radius 3 is 2.80 bits per heavy atom. The molecule has 4 nitrogen and oxygen atoms in total. The highest BCUT2D eigenvalue weighted by Gasteiger charge is 2.06. The van der Waals surface area contributed by atoms with E-state index in [0.29, 0.717) is 5.69 Å². The predicted molar refractivity (Wildman–Crippen MR) is 62.8 cm³/mol. The summed E-state index contributed by atoms with van der Waals surface area (Å²) in [7, 11) is 0. The first-order chi connectivity index (χ1) is 7.17.